The minimum absolute atomic E-state index is 0.659. The predicted molar refractivity (Wildman–Crippen MR) is 90.3 cm³/mol. The number of rotatable bonds is 2. The minimum Gasteiger partial charge on any atom is -0.263 e. The van der Waals surface area contributed by atoms with Gasteiger partial charge in [-0.3, -0.25) is 9.97 Å². The molecule has 6 heteroatoms. The summed E-state index contributed by atoms with van der Waals surface area (Å²) in [6.07, 6.45) is -0.959. The number of halogens is 4. The summed E-state index contributed by atoms with van der Waals surface area (Å²) in [5.41, 5.74) is 3.19. The Kier molecular flexibility index (Phi) is 4.41. The van der Waals surface area contributed by atoms with E-state index < -0.39 is 11.7 Å². The Balaban J connectivity index is 2.03. The van der Waals surface area contributed by atoms with Crippen LogP contribution in [-0.4, -0.2) is 9.97 Å². The van der Waals surface area contributed by atoms with E-state index in [-0.39, 0.29) is 0 Å². The Morgan fingerprint density at radius 2 is 1.58 bits per heavy atom. The van der Waals surface area contributed by atoms with Crippen molar-refractivity contribution in [1.29, 1.82) is 0 Å². The predicted octanol–water partition coefficient (Wildman–Crippen LogP) is 5.90. The number of hydrogen-bond acceptors (Lipinski definition) is 2. The van der Waals surface area contributed by atoms with Crippen molar-refractivity contribution in [3.05, 3.63) is 70.6 Å². The molecule has 3 rings (SSSR count). The fraction of sp³-hybridized carbons (Fsp3) is 0.111. The van der Waals surface area contributed by atoms with Crippen LogP contribution < -0.4 is 0 Å². The van der Waals surface area contributed by atoms with Crippen LogP contribution in [0.1, 0.15) is 11.3 Å². The molecule has 0 saturated heterocycles. The summed E-state index contributed by atoms with van der Waals surface area (Å²) in [4.78, 5) is 8.61. The van der Waals surface area contributed by atoms with Crippen molar-refractivity contribution in [1.82, 2.24) is 9.97 Å². The van der Waals surface area contributed by atoms with Crippen molar-refractivity contribution in [2.75, 3.05) is 0 Å². The molecule has 0 fully saturated rings. The Hall–Kier alpha value is -2.21. The number of pyridine rings is 2. The molecule has 0 aliphatic heterocycles. The van der Waals surface area contributed by atoms with Crippen LogP contribution in [0.4, 0.5) is 13.2 Å². The molecule has 0 amide bonds. The van der Waals surface area contributed by atoms with Crippen LogP contribution in [0.5, 0.6) is 0 Å². The first-order chi connectivity index (χ1) is 11.3. The van der Waals surface area contributed by atoms with Crippen molar-refractivity contribution in [3.8, 4) is 22.4 Å². The van der Waals surface area contributed by atoms with Gasteiger partial charge in [0, 0.05) is 28.1 Å². The van der Waals surface area contributed by atoms with Gasteiger partial charge in [0.1, 0.15) is 0 Å². The lowest BCUT2D eigenvalue weighted by atomic mass is 10.0. The highest BCUT2D eigenvalue weighted by Crippen LogP contribution is 2.32. The Morgan fingerprint density at radius 1 is 0.875 bits per heavy atom. The quantitative estimate of drug-likeness (QED) is 0.542. The van der Waals surface area contributed by atoms with Crippen LogP contribution in [0.15, 0.2) is 59.3 Å². The van der Waals surface area contributed by atoms with Crippen molar-refractivity contribution in [2.24, 2.45) is 0 Å². The third-order valence-electron chi connectivity index (χ3n) is 3.50. The standard InChI is InChI=1S/C18H12BrF3N2/c1-11-6-13(12-2-4-15(5-3-12)18(20,21)22)8-17(24-11)14-7-16(19)10-23-9-14/h2-10H,1H3. The van der Waals surface area contributed by atoms with Gasteiger partial charge in [-0.05, 0) is 64.3 Å². The lowest BCUT2D eigenvalue weighted by molar-refractivity contribution is -0.137. The van der Waals surface area contributed by atoms with Gasteiger partial charge in [-0.25, -0.2) is 0 Å². The summed E-state index contributed by atoms with van der Waals surface area (Å²) >= 11 is 3.37. The molecule has 0 N–H and O–H groups in total. The zero-order chi connectivity index (χ0) is 17.3. The third kappa shape index (κ3) is 3.64. The molecule has 0 spiro atoms. The molecular formula is C18H12BrF3N2. The van der Waals surface area contributed by atoms with Crippen molar-refractivity contribution in [3.63, 3.8) is 0 Å². The van der Waals surface area contributed by atoms with Crippen molar-refractivity contribution < 1.29 is 13.2 Å². The number of alkyl halides is 3. The first-order valence-electron chi connectivity index (χ1n) is 7.10. The molecule has 0 atom stereocenters. The summed E-state index contributed by atoms with van der Waals surface area (Å²) in [6, 6.07) is 10.7. The van der Waals surface area contributed by atoms with Gasteiger partial charge >= 0.3 is 6.18 Å². The van der Waals surface area contributed by atoms with E-state index in [1.54, 1.807) is 12.4 Å². The average Bonchev–Trinajstić information content (AvgIpc) is 2.53. The maximum Gasteiger partial charge on any atom is 0.416 e. The number of benzene rings is 1. The lowest BCUT2D eigenvalue weighted by Gasteiger charge is -2.10. The van der Waals surface area contributed by atoms with E-state index >= 15 is 0 Å². The smallest absolute Gasteiger partial charge is 0.263 e. The summed E-state index contributed by atoms with van der Waals surface area (Å²) in [6.45, 7) is 1.85. The largest absolute Gasteiger partial charge is 0.416 e. The third-order valence-corrected chi connectivity index (χ3v) is 3.93. The fourth-order valence-corrected chi connectivity index (χ4v) is 2.75. The molecule has 0 bridgehead atoms. The van der Waals surface area contributed by atoms with Gasteiger partial charge in [0.05, 0.1) is 11.3 Å². The van der Waals surface area contributed by atoms with Gasteiger partial charge in [0.15, 0.2) is 0 Å². The van der Waals surface area contributed by atoms with Gasteiger partial charge in [-0.2, -0.15) is 13.2 Å². The van der Waals surface area contributed by atoms with E-state index in [2.05, 4.69) is 25.9 Å². The average molecular weight is 393 g/mol. The number of hydrogen-bond donors (Lipinski definition) is 0. The van der Waals surface area contributed by atoms with Crippen molar-refractivity contribution in [2.45, 2.75) is 13.1 Å². The van der Waals surface area contributed by atoms with Crippen LogP contribution in [0, 0.1) is 6.92 Å². The van der Waals surface area contributed by atoms with E-state index in [0.717, 1.165) is 39.1 Å². The molecule has 0 radical (unpaired) electrons. The highest BCUT2D eigenvalue weighted by atomic mass is 79.9. The van der Waals surface area contributed by atoms with Crippen LogP contribution in [0.25, 0.3) is 22.4 Å². The van der Waals surface area contributed by atoms with Crippen LogP contribution >= 0.6 is 15.9 Å². The monoisotopic (exact) mass is 392 g/mol. The molecule has 2 heterocycles. The second kappa shape index (κ2) is 6.36. The molecule has 0 aliphatic carbocycles. The number of nitrogens with zero attached hydrogens (tertiary/aromatic N) is 2. The van der Waals surface area contributed by atoms with Crippen LogP contribution in [-0.2, 0) is 6.18 Å². The van der Waals surface area contributed by atoms with Crippen LogP contribution in [0.3, 0.4) is 0 Å². The first kappa shape index (κ1) is 16.6. The highest BCUT2D eigenvalue weighted by Gasteiger charge is 2.29. The normalized spacial score (nSPS) is 11.5. The Bertz CT molecular complexity index is 874. The molecule has 0 unspecified atom stereocenters. The molecule has 1 aromatic carbocycles. The van der Waals surface area contributed by atoms with Gasteiger partial charge in [-0.15, -0.1) is 0 Å². The van der Waals surface area contributed by atoms with Gasteiger partial charge < -0.3 is 0 Å². The van der Waals surface area contributed by atoms with E-state index in [0.29, 0.717) is 5.56 Å². The molecule has 122 valence electrons. The lowest BCUT2D eigenvalue weighted by Crippen LogP contribution is -2.04. The van der Waals surface area contributed by atoms with E-state index in [4.69, 9.17) is 0 Å². The summed E-state index contributed by atoms with van der Waals surface area (Å²) in [7, 11) is 0. The summed E-state index contributed by atoms with van der Waals surface area (Å²) in [5, 5.41) is 0. The molecule has 2 aromatic heterocycles. The Labute approximate surface area is 145 Å². The summed E-state index contributed by atoms with van der Waals surface area (Å²) in [5.74, 6) is 0. The van der Waals surface area contributed by atoms with E-state index in [1.165, 1.54) is 12.1 Å². The molecule has 0 saturated carbocycles. The number of aryl methyl sites for hydroxylation is 1. The minimum atomic E-state index is -4.33. The molecule has 3 aromatic rings. The molecule has 2 nitrogen and oxygen atoms in total. The zero-order valence-electron chi connectivity index (χ0n) is 12.6. The van der Waals surface area contributed by atoms with Crippen molar-refractivity contribution >= 4 is 15.9 Å². The van der Waals surface area contributed by atoms with E-state index in [1.807, 2.05) is 25.1 Å². The SMILES string of the molecule is Cc1cc(-c2ccc(C(F)(F)F)cc2)cc(-c2cncc(Br)c2)n1. The highest BCUT2D eigenvalue weighted by molar-refractivity contribution is 9.10. The fourth-order valence-electron chi connectivity index (χ4n) is 2.39. The second-order valence-electron chi connectivity index (χ2n) is 5.35. The summed E-state index contributed by atoms with van der Waals surface area (Å²) < 4.78 is 38.9. The van der Waals surface area contributed by atoms with E-state index in [9.17, 15) is 13.2 Å². The van der Waals surface area contributed by atoms with Gasteiger partial charge in [-0.1, -0.05) is 12.1 Å². The molecule has 24 heavy (non-hydrogen) atoms. The molecular weight excluding hydrogens is 381 g/mol. The van der Waals surface area contributed by atoms with Crippen LogP contribution in [0.2, 0.25) is 0 Å². The van der Waals surface area contributed by atoms with Gasteiger partial charge in [0.2, 0.25) is 0 Å². The zero-order valence-corrected chi connectivity index (χ0v) is 14.2. The maximum atomic E-state index is 12.7. The molecule has 0 aliphatic rings. The second-order valence-corrected chi connectivity index (χ2v) is 6.27. The number of aromatic nitrogens is 2. The van der Waals surface area contributed by atoms with Gasteiger partial charge in [0.25, 0.3) is 0 Å². The Morgan fingerprint density at radius 3 is 2.21 bits per heavy atom. The maximum absolute atomic E-state index is 12.7. The first-order valence-corrected chi connectivity index (χ1v) is 7.89. The topological polar surface area (TPSA) is 25.8 Å².